The lowest BCUT2D eigenvalue weighted by molar-refractivity contribution is 0.0935. The Morgan fingerprint density at radius 3 is 2.68 bits per heavy atom. The van der Waals surface area contributed by atoms with Crippen LogP contribution in [-0.4, -0.2) is 65.1 Å². The fourth-order valence-corrected chi connectivity index (χ4v) is 6.39. The van der Waals surface area contributed by atoms with Crippen LogP contribution in [-0.2, 0) is 16.6 Å². The second-order valence-corrected chi connectivity index (χ2v) is 10.3. The van der Waals surface area contributed by atoms with Gasteiger partial charge in [-0.3, -0.25) is 0 Å². The predicted molar refractivity (Wildman–Crippen MR) is 111 cm³/mol. The quantitative estimate of drug-likeness (QED) is 0.596. The number of fused-ring (bicyclic) bond motifs is 1. The average Bonchev–Trinajstić information content (AvgIpc) is 3.31. The first-order chi connectivity index (χ1) is 14.8. The largest absolute Gasteiger partial charge is 0.355 e. The molecule has 0 aliphatic carbocycles. The van der Waals surface area contributed by atoms with Crippen molar-refractivity contribution < 1.29 is 17.2 Å². The van der Waals surface area contributed by atoms with Crippen molar-refractivity contribution in [3.63, 3.8) is 0 Å². The fraction of sp³-hybridized carbons (Fsp3) is 0.450. The molecule has 2 aromatic heterocycles. The summed E-state index contributed by atoms with van der Waals surface area (Å²) in [5, 5.41) is 3.95. The molecule has 2 fully saturated rings. The van der Waals surface area contributed by atoms with Gasteiger partial charge in [-0.25, -0.2) is 31.8 Å². The second-order valence-electron chi connectivity index (χ2n) is 8.36. The zero-order valence-corrected chi connectivity index (χ0v) is 17.8. The molecule has 2 aliphatic rings. The molecule has 11 heteroatoms. The van der Waals surface area contributed by atoms with Gasteiger partial charge in [0.05, 0.1) is 17.3 Å². The second kappa shape index (κ2) is 7.20. The van der Waals surface area contributed by atoms with Crippen molar-refractivity contribution >= 4 is 27.0 Å². The first-order valence-corrected chi connectivity index (χ1v) is 11.5. The molecule has 0 saturated carbocycles. The molecule has 0 atom stereocenters. The summed E-state index contributed by atoms with van der Waals surface area (Å²) in [5.41, 5.74) is 1.41. The van der Waals surface area contributed by atoms with Crippen LogP contribution in [0.25, 0.3) is 11.2 Å². The Hall–Kier alpha value is -2.66. The van der Waals surface area contributed by atoms with Crippen molar-refractivity contribution in [3.05, 3.63) is 42.2 Å². The Bertz CT molecular complexity index is 1240. The third kappa shape index (κ3) is 3.45. The van der Waals surface area contributed by atoms with Gasteiger partial charge in [0.1, 0.15) is 17.9 Å². The van der Waals surface area contributed by atoms with Gasteiger partial charge in [0.2, 0.25) is 10.0 Å². The normalized spacial score (nSPS) is 18.9. The first-order valence-electron chi connectivity index (χ1n) is 10.0. The summed E-state index contributed by atoms with van der Waals surface area (Å²) in [5.74, 6) is 0.598. The van der Waals surface area contributed by atoms with E-state index in [9.17, 15) is 17.2 Å². The third-order valence-electron chi connectivity index (χ3n) is 6.14. The zero-order chi connectivity index (χ0) is 21.8. The Kier molecular flexibility index (Phi) is 4.70. The lowest BCUT2D eigenvalue weighted by Crippen LogP contribution is -2.59. The molecule has 5 rings (SSSR count). The van der Waals surface area contributed by atoms with Gasteiger partial charge in [0, 0.05) is 31.6 Å². The van der Waals surface area contributed by atoms with Crippen molar-refractivity contribution in [2.75, 3.05) is 31.1 Å². The summed E-state index contributed by atoms with van der Waals surface area (Å²) in [6.07, 6.45) is 1.36. The number of alkyl halides is 2. The number of hydrogen-bond acceptors (Lipinski definition) is 6. The molecule has 0 bridgehead atoms. The number of aromatic nitrogens is 4. The monoisotopic (exact) mass is 448 g/mol. The molecule has 1 aromatic carbocycles. The van der Waals surface area contributed by atoms with Crippen molar-refractivity contribution in [2.45, 2.75) is 31.2 Å². The SMILES string of the molecule is Cc1ccccc1S(=O)(=O)N1CC2(CCN(c3cnc4cnn(CC(F)F)c4n3)C2)C1. The van der Waals surface area contributed by atoms with E-state index in [1.54, 1.807) is 31.3 Å². The van der Waals surface area contributed by atoms with Gasteiger partial charge in [-0.1, -0.05) is 18.2 Å². The van der Waals surface area contributed by atoms with E-state index < -0.39 is 23.0 Å². The number of hydrogen-bond donors (Lipinski definition) is 0. The maximum absolute atomic E-state index is 13.0. The maximum atomic E-state index is 13.0. The number of benzene rings is 1. The molecule has 0 amide bonds. The summed E-state index contributed by atoms with van der Waals surface area (Å²) >= 11 is 0. The van der Waals surface area contributed by atoms with E-state index >= 15 is 0 Å². The molecule has 2 saturated heterocycles. The molecule has 164 valence electrons. The van der Waals surface area contributed by atoms with Gasteiger partial charge in [-0.2, -0.15) is 9.40 Å². The van der Waals surface area contributed by atoms with Crippen LogP contribution < -0.4 is 4.90 Å². The fourth-order valence-electron chi connectivity index (χ4n) is 4.50. The highest BCUT2D eigenvalue weighted by Crippen LogP contribution is 2.43. The number of halogens is 2. The van der Waals surface area contributed by atoms with Crippen LogP contribution >= 0.6 is 0 Å². The highest BCUT2D eigenvalue weighted by atomic mass is 32.2. The number of sulfonamides is 1. The van der Waals surface area contributed by atoms with E-state index in [1.807, 2.05) is 11.0 Å². The predicted octanol–water partition coefficient (Wildman–Crippen LogP) is 2.30. The Balaban J connectivity index is 1.32. The van der Waals surface area contributed by atoms with Crippen molar-refractivity contribution in [1.29, 1.82) is 0 Å². The minimum atomic E-state index is -3.51. The number of anilines is 1. The summed E-state index contributed by atoms with van der Waals surface area (Å²) < 4.78 is 54.3. The molecule has 2 aliphatic heterocycles. The van der Waals surface area contributed by atoms with Crippen LogP contribution in [0.2, 0.25) is 0 Å². The van der Waals surface area contributed by atoms with Gasteiger partial charge in [0.15, 0.2) is 5.65 Å². The van der Waals surface area contributed by atoms with E-state index in [0.717, 1.165) is 12.0 Å². The van der Waals surface area contributed by atoms with Crippen LogP contribution in [0.1, 0.15) is 12.0 Å². The van der Waals surface area contributed by atoms with Gasteiger partial charge < -0.3 is 4.90 Å². The lowest BCUT2D eigenvalue weighted by Gasteiger charge is -2.46. The van der Waals surface area contributed by atoms with E-state index in [0.29, 0.717) is 48.1 Å². The minimum Gasteiger partial charge on any atom is -0.355 e. The van der Waals surface area contributed by atoms with Crippen molar-refractivity contribution in [2.24, 2.45) is 5.41 Å². The molecule has 8 nitrogen and oxygen atoms in total. The standard InChI is InChI=1S/C20H22F2N6O2S/c1-14-4-2-3-5-16(14)31(29,30)27-12-20(13-27)6-7-26(11-20)18-9-23-15-8-24-28(10-17(21)22)19(15)25-18/h2-5,8-9,17H,6-7,10-13H2,1H3. The minimum absolute atomic E-state index is 0.129. The Morgan fingerprint density at radius 1 is 1.16 bits per heavy atom. The Labute approximate surface area is 178 Å². The highest BCUT2D eigenvalue weighted by Gasteiger charge is 2.52. The van der Waals surface area contributed by atoms with E-state index in [1.165, 1.54) is 15.2 Å². The third-order valence-corrected chi connectivity index (χ3v) is 8.09. The van der Waals surface area contributed by atoms with E-state index in [2.05, 4.69) is 15.1 Å². The number of aryl methyl sites for hydroxylation is 1. The van der Waals surface area contributed by atoms with Crippen LogP contribution in [0.5, 0.6) is 0 Å². The number of nitrogens with zero attached hydrogens (tertiary/aromatic N) is 6. The molecular weight excluding hydrogens is 426 g/mol. The number of rotatable bonds is 5. The van der Waals surface area contributed by atoms with E-state index in [-0.39, 0.29) is 5.41 Å². The van der Waals surface area contributed by atoms with Crippen LogP contribution in [0, 0.1) is 12.3 Å². The summed E-state index contributed by atoms with van der Waals surface area (Å²) in [4.78, 5) is 11.2. The van der Waals surface area contributed by atoms with E-state index in [4.69, 9.17) is 0 Å². The van der Waals surface area contributed by atoms with Gasteiger partial charge in [0.25, 0.3) is 6.43 Å². The van der Waals surface area contributed by atoms with Gasteiger partial charge >= 0.3 is 0 Å². The van der Waals surface area contributed by atoms with Crippen LogP contribution in [0.15, 0.2) is 41.6 Å². The molecule has 0 unspecified atom stereocenters. The molecular formula is C20H22F2N6O2S. The van der Waals surface area contributed by atoms with Gasteiger partial charge in [-0.15, -0.1) is 0 Å². The van der Waals surface area contributed by atoms with Crippen molar-refractivity contribution in [3.8, 4) is 0 Å². The molecule has 0 N–H and O–H groups in total. The van der Waals surface area contributed by atoms with Crippen molar-refractivity contribution in [1.82, 2.24) is 24.1 Å². The van der Waals surface area contributed by atoms with Gasteiger partial charge in [-0.05, 0) is 25.0 Å². The Morgan fingerprint density at radius 2 is 1.94 bits per heavy atom. The lowest BCUT2D eigenvalue weighted by atomic mass is 9.81. The first kappa shape index (κ1) is 20.3. The highest BCUT2D eigenvalue weighted by molar-refractivity contribution is 7.89. The molecule has 3 aromatic rings. The molecule has 31 heavy (non-hydrogen) atoms. The maximum Gasteiger partial charge on any atom is 0.258 e. The molecule has 4 heterocycles. The molecule has 1 spiro atoms. The summed E-state index contributed by atoms with van der Waals surface area (Å²) in [6.45, 7) is 3.54. The van der Waals surface area contributed by atoms with Crippen LogP contribution in [0.4, 0.5) is 14.6 Å². The topological polar surface area (TPSA) is 84.2 Å². The smallest absolute Gasteiger partial charge is 0.258 e. The summed E-state index contributed by atoms with van der Waals surface area (Å²) in [7, 11) is -3.51. The van der Waals surface area contributed by atoms with Crippen LogP contribution in [0.3, 0.4) is 0 Å². The zero-order valence-electron chi connectivity index (χ0n) is 16.9. The summed E-state index contributed by atoms with van der Waals surface area (Å²) in [6, 6.07) is 7.00. The molecule has 0 radical (unpaired) electrons. The average molecular weight is 448 g/mol.